The minimum Gasteiger partial charge on any atom is -0.380 e. The first-order chi connectivity index (χ1) is 7.77. The minimum atomic E-state index is 0.560. The fourth-order valence-electron chi connectivity index (χ4n) is 2.13. The highest BCUT2D eigenvalue weighted by atomic mass is 16.5. The van der Waals surface area contributed by atoms with E-state index in [0.29, 0.717) is 6.04 Å². The van der Waals surface area contributed by atoms with E-state index in [2.05, 4.69) is 10.5 Å². The molecule has 0 radical (unpaired) electrons. The van der Waals surface area contributed by atoms with Crippen LogP contribution < -0.4 is 5.32 Å². The number of hydrogen-bond acceptors (Lipinski definition) is 4. The summed E-state index contributed by atoms with van der Waals surface area (Å²) in [4.78, 5) is 0. The van der Waals surface area contributed by atoms with E-state index in [4.69, 9.17) is 9.26 Å². The van der Waals surface area contributed by atoms with Gasteiger partial charge in [-0.1, -0.05) is 5.16 Å². The van der Waals surface area contributed by atoms with Crippen molar-refractivity contribution in [2.24, 2.45) is 0 Å². The lowest BCUT2D eigenvalue weighted by molar-refractivity contribution is 0.190. The summed E-state index contributed by atoms with van der Waals surface area (Å²) in [5.41, 5.74) is 2.30. The number of aromatic nitrogens is 1. The smallest absolute Gasteiger partial charge is 0.137 e. The second kappa shape index (κ2) is 5.46. The normalized spacial score (nSPS) is 20.5. The quantitative estimate of drug-likeness (QED) is 0.772. The van der Waals surface area contributed by atoms with Crippen molar-refractivity contribution in [2.45, 2.75) is 39.2 Å². The molecule has 2 heterocycles. The van der Waals surface area contributed by atoms with Gasteiger partial charge < -0.3 is 14.6 Å². The second-order valence-corrected chi connectivity index (χ2v) is 4.42. The van der Waals surface area contributed by atoms with Gasteiger partial charge in [0, 0.05) is 18.2 Å². The molecule has 4 heteroatoms. The molecule has 0 aliphatic carbocycles. The van der Waals surface area contributed by atoms with Gasteiger partial charge in [0.05, 0.1) is 12.3 Å². The average Bonchev–Trinajstić information content (AvgIpc) is 2.87. The number of hydrogen-bond donors (Lipinski definition) is 1. The Morgan fingerprint density at radius 3 is 2.94 bits per heavy atom. The molecule has 90 valence electrons. The molecule has 4 nitrogen and oxygen atoms in total. The van der Waals surface area contributed by atoms with Crippen LogP contribution >= 0.6 is 0 Å². The Labute approximate surface area is 96.3 Å². The van der Waals surface area contributed by atoms with Crippen LogP contribution in [0.25, 0.3) is 0 Å². The van der Waals surface area contributed by atoms with Gasteiger partial charge in [0.1, 0.15) is 5.76 Å². The Kier molecular flexibility index (Phi) is 3.96. The van der Waals surface area contributed by atoms with Gasteiger partial charge >= 0.3 is 0 Å². The summed E-state index contributed by atoms with van der Waals surface area (Å²) in [5, 5.41) is 7.46. The van der Waals surface area contributed by atoms with Gasteiger partial charge in [0.2, 0.25) is 0 Å². The summed E-state index contributed by atoms with van der Waals surface area (Å²) >= 11 is 0. The fourth-order valence-corrected chi connectivity index (χ4v) is 2.13. The molecule has 1 unspecified atom stereocenters. The number of aryl methyl sites for hydroxylation is 2. The van der Waals surface area contributed by atoms with Crippen LogP contribution in [0.4, 0.5) is 0 Å². The molecule has 1 aromatic heterocycles. The summed E-state index contributed by atoms with van der Waals surface area (Å²) in [6, 6.07) is 0.560. The van der Waals surface area contributed by atoms with E-state index in [1.165, 1.54) is 5.56 Å². The van der Waals surface area contributed by atoms with Crippen molar-refractivity contribution in [3.63, 3.8) is 0 Å². The van der Waals surface area contributed by atoms with E-state index < -0.39 is 0 Å². The zero-order chi connectivity index (χ0) is 11.4. The molecule has 1 aliphatic rings. The Balaban J connectivity index is 1.67. The summed E-state index contributed by atoms with van der Waals surface area (Å²) in [5.74, 6) is 0.960. The lowest BCUT2D eigenvalue weighted by Crippen LogP contribution is -2.30. The van der Waals surface area contributed by atoms with E-state index in [1.54, 1.807) is 0 Å². The lowest BCUT2D eigenvalue weighted by atomic mass is 10.1. The van der Waals surface area contributed by atoms with E-state index in [1.807, 2.05) is 13.8 Å². The van der Waals surface area contributed by atoms with Crippen LogP contribution in [0.5, 0.6) is 0 Å². The lowest BCUT2D eigenvalue weighted by Gasteiger charge is -2.09. The van der Waals surface area contributed by atoms with E-state index in [-0.39, 0.29) is 0 Å². The highest BCUT2D eigenvalue weighted by molar-refractivity contribution is 5.20. The van der Waals surface area contributed by atoms with Crippen molar-refractivity contribution >= 4 is 0 Å². The molecule has 16 heavy (non-hydrogen) atoms. The van der Waals surface area contributed by atoms with Crippen molar-refractivity contribution in [3.05, 3.63) is 17.0 Å². The van der Waals surface area contributed by atoms with E-state index in [0.717, 1.165) is 50.5 Å². The number of nitrogens with zero attached hydrogens (tertiary/aromatic N) is 1. The van der Waals surface area contributed by atoms with Crippen molar-refractivity contribution < 1.29 is 9.26 Å². The Bertz CT molecular complexity index is 310. The fraction of sp³-hybridized carbons (Fsp3) is 0.750. The largest absolute Gasteiger partial charge is 0.380 e. The molecule has 0 bridgehead atoms. The molecule has 0 spiro atoms. The Hall–Kier alpha value is -0.870. The highest BCUT2D eigenvalue weighted by Crippen LogP contribution is 2.14. The predicted molar refractivity (Wildman–Crippen MR) is 61.5 cm³/mol. The van der Waals surface area contributed by atoms with Gasteiger partial charge in [-0.2, -0.15) is 0 Å². The third kappa shape index (κ3) is 2.83. The van der Waals surface area contributed by atoms with Gasteiger partial charge in [0.25, 0.3) is 0 Å². The molecule has 1 fully saturated rings. The van der Waals surface area contributed by atoms with Crippen LogP contribution in [0.2, 0.25) is 0 Å². The average molecular weight is 224 g/mol. The molecule has 1 saturated heterocycles. The molecular weight excluding hydrogens is 204 g/mol. The summed E-state index contributed by atoms with van der Waals surface area (Å²) < 4.78 is 10.4. The summed E-state index contributed by atoms with van der Waals surface area (Å²) in [7, 11) is 0. The molecule has 1 aliphatic heterocycles. The monoisotopic (exact) mass is 224 g/mol. The third-order valence-electron chi connectivity index (χ3n) is 3.15. The maximum atomic E-state index is 5.31. The molecule has 0 saturated carbocycles. The number of rotatable bonds is 5. The zero-order valence-corrected chi connectivity index (χ0v) is 10.1. The van der Waals surface area contributed by atoms with Gasteiger partial charge in [-0.15, -0.1) is 0 Å². The Morgan fingerprint density at radius 2 is 2.31 bits per heavy atom. The van der Waals surface area contributed by atoms with Crippen molar-refractivity contribution in [1.29, 1.82) is 0 Å². The van der Waals surface area contributed by atoms with Crippen molar-refractivity contribution in [1.82, 2.24) is 10.5 Å². The van der Waals surface area contributed by atoms with Crippen molar-refractivity contribution in [3.8, 4) is 0 Å². The zero-order valence-electron chi connectivity index (χ0n) is 10.1. The minimum absolute atomic E-state index is 0.560. The van der Waals surface area contributed by atoms with Crippen LogP contribution in [0.15, 0.2) is 4.52 Å². The standard InChI is InChI=1S/C12H20N2O2/c1-9-12(10(2)16-14-9)4-3-6-13-11-5-7-15-8-11/h11,13H,3-8H2,1-2H3. The van der Waals surface area contributed by atoms with Crippen LogP contribution in [-0.2, 0) is 11.2 Å². The van der Waals surface area contributed by atoms with Crippen LogP contribution in [0, 0.1) is 13.8 Å². The van der Waals surface area contributed by atoms with Crippen molar-refractivity contribution in [2.75, 3.05) is 19.8 Å². The number of ether oxygens (including phenoxy) is 1. The highest BCUT2D eigenvalue weighted by Gasteiger charge is 2.14. The number of nitrogens with one attached hydrogen (secondary N) is 1. The summed E-state index contributed by atoms with van der Waals surface area (Å²) in [6.45, 7) is 6.79. The van der Waals surface area contributed by atoms with E-state index >= 15 is 0 Å². The first-order valence-electron chi connectivity index (χ1n) is 6.00. The van der Waals surface area contributed by atoms with Gasteiger partial charge in [-0.25, -0.2) is 0 Å². The van der Waals surface area contributed by atoms with Crippen LogP contribution in [-0.4, -0.2) is 31.0 Å². The molecule has 2 rings (SSSR count). The molecular formula is C12H20N2O2. The third-order valence-corrected chi connectivity index (χ3v) is 3.15. The molecule has 1 N–H and O–H groups in total. The van der Waals surface area contributed by atoms with Crippen LogP contribution in [0.3, 0.4) is 0 Å². The van der Waals surface area contributed by atoms with Gasteiger partial charge in [0.15, 0.2) is 0 Å². The maximum absolute atomic E-state index is 5.31. The molecule has 0 amide bonds. The second-order valence-electron chi connectivity index (χ2n) is 4.42. The predicted octanol–water partition coefficient (Wildman–Crippen LogP) is 1.60. The molecule has 1 atom stereocenters. The Morgan fingerprint density at radius 1 is 1.44 bits per heavy atom. The van der Waals surface area contributed by atoms with Gasteiger partial charge in [-0.3, -0.25) is 0 Å². The van der Waals surface area contributed by atoms with E-state index in [9.17, 15) is 0 Å². The van der Waals surface area contributed by atoms with Crippen LogP contribution in [0.1, 0.15) is 29.9 Å². The molecule has 0 aromatic carbocycles. The van der Waals surface area contributed by atoms with Gasteiger partial charge in [-0.05, 0) is 39.7 Å². The SMILES string of the molecule is Cc1noc(C)c1CCCNC1CCOC1. The topological polar surface area (TPSA) is 47.3 Å². The first-order valence-corrected chi connectivity index (χ1v) is 6.00. The molecule has 1 aromatic rings. The maximum Gasteiger partial charge on any atom is 0.137 e. The first kappa shape index (κ1) is 11.6. The summed E-state index contributed by atoms with van der Waals surface area (Å²) in [6.07, 6.45) is 3.31.